The summed E-state index contributed by atoms with van der Waals surface area (Å²) >= 11 is 1.51. The number of methoxy groups -OCH3 is 1. The maximum absolute atomic E-state index is 12.2. The first-order valence-electron chi connectivity index (χ1n) is 7.78. The number of carbonyl (C=O) groups excluding carboxylic acids is 1. The van der Waals surface area contributed by atoms with Crippen LogP contribution in [0.1, 0.15) is 36.5 Å². The molecule has 1 aliphatic heterocycles. The van der Waals surface area contributed by atoms with Gasteiger partial charge in [0.05, 0.1) is 13.2 Å². The van der Waals surface area contributed by atoms with E-state index in [4.69, 9.17) is 9.73 Å². The summed E-state index contributed by atoms with van der Waals surface area (Å²) in [5.41, 5.74) is 0.910. The maximum atomic E-state index is 12.2. The van der Waals surface area contributed by atoms with Gasteiger partial charge in [-0.3, -0.25) is 9.79 Å². The van der Waals surface area contributed by atoms with Crippen molar-refractivity contribution >= 4 is 22.8 Å². The third-order valence-electron chi connectivity index (χ3n) is 4.95. The second kappa shape index (κ2) is 5.57. The van der Waals surface area contributed by atoms with Gasteiger partial charge in [-0.1, -0.05) is 18.2 Å². The molecule has 1 amide bonds. The van der Waals surface area contributed by atoms with Crippen LogP contribution in [0.5, 0.6) is 5.88 Å². The number of nitrogens with zero attached hydrogens (tertiary/aromatic N) is 2. The highest BCUT2D eigenvalue weighted by Gasteiger charge is 2.41. The molecule has 1 aromatic rings. The number of fused-ring (bicyclic) bond motifs is 2. The molecule has 0 radical (unpaired) electrons. The van der Waals surface area contributed by atoms with E-state index in [1.54, 1.807) is 13.3 Å². The van der Waals surface area contributed by atoms with Crippen LogP contribution in [0.2, 0.25) is 0 Å². The average molecular weight is 317 g/mol. The predicted octanol–water partition coefficient (Wildman–Crippen LogP) is 2.54. The molecule has 1 saturated heterocycles. The zero-order chi connectivity index (χ0) is 15.1. The summed E-state index contributed by atoms with van der Waals surface area (Å²) in [6.07, 6.45) is 6.86. The fourth-order valence-corrected chi connectivity index (χ4v) is 4.89. The van der Waals surface area contributed by atoms with Crippen molar-refractivity contribution in [3.8, 4) is 5.88 Å². The Morgan fingerprint density at radius 1 is 1.41 bits per heavy atom. The normalized spacial score (nSPS) is 35.1. The van der Waals surface area contributed by atoms with Gasteiger partial charge in [-0.25, -0.2) is 4.98 Å². The van der Waals surface area contributed by atoms with Gasteiger partial charge in [0.2, 0.25) is 11.8 Å². The molecule has 4 rings (SSSR count). The van der Waals surface area contributed by atoms with Gasteiger partial charge in [-0.05, 0) is 42.7 Å². The molecule has 116 valence electrons. The number of pyridine rings is 1. The number of amides is 1. The van der Waals surface area contributed by atoms with Crippen molar-refractivity contribution in [2.75, 3.05) is 7.11 Å². The third-order valence-corrected chi connectivity index (χ3v) is 6.11. The lowest BCUT2D eigenvalue weighted by atomic mass is 9.96. The van der Waals surface area contributed by atoms with Crippen LogP contribution in [0.15, 0.2) is 23.3 Å². The minimum Gasteiger partial charge on any atom is -0.481 e. The summed E-state index contributed by atoms with van der Waals surface area (Å²) in [5.74, 6) is 2.13. The number of hydrogen-bond acceptors (Lipinski definition) is 5. The Bertz CT molecular complexity index is 634. The molecule has 6 heteroatoms. The number of rotatable bonds is 3. The first-order valence-corrected chi connectivity index (χ1v) is 8.66. The van der Waals surface area contributed by atoms with Crippen molar-refractivity contribution in [2.24, 2.45) is 16.8 Å². The van der Waals surface area contributed by atoms with E-state index in [0.29, 0.717) is 11.9 Å². The molecule has 0 aromatic carbocycles. The summed E-state index contributed by atoms with van der Waals surface area (Å²) in [6, 6.07) is 4.09. The summed E-state index contributed by atoms with van der Waals surface area (Å²) in [5, 5.41) is 3.46. The smallest absolute Gasteiger partial charge is 0.244 e. The molecule has 2 saturated carbocycles. The first kappa shape index (κ1) is 14.1. The van der Waals surface area contributed by atoms with E-state index in [1.165, 1.54) is 37.4 Å². The van der Waals surface area contributed by atoms with Crippen LogP contribution in [0.25, 0.3) is 0 Å². The second-order valence-electron chi connectivity index (χ2n) is 6.30. The van der Waals surface area contributed by atoms with Crippen LogP contribution in [0.4, 0.5) is 0 Å². The van der Waals surface area contributed by atoms with Crippen LogP contribution in [0, 0.1) is 11.8 Å². The van der Waals surface area contributed by atoms with Gasteiger partial charge in [-0.15, -0.1) is 0 Å². The number of hydrogen-bond donors (Lipinski definition) is 1. The fourth-order valence-electron chi connectivity index (χ4n) is 3.87. The monoisotopic (exact) mass is 317 g/mol. The molecule has 4 atom stereocenters. The molecule has 3 fully saturated rings. The van der Waals surface area contributed by atoms with E-state index < -0.39 is 0 Å². The highest BCUT2D eigenvalue weighted by Crippen LogP contribution is 2.46. The van der Waals surface area contributed by atoms with Gasteiger partial charge < -0.3 is 10.1 Å². The lowest BCUT2D eigenvalue weighted by Gasteiger charge is -2.17. The van der Waals surface area contributed by atoms with E-state index in [2.05, 4.69) is 10.3 Å². The quantitative estimate of drug-likeness (QED) is 0.930. The van der Waals surface area contributed by atoms with E-state index in [-0.39, 0.29) is 11.2 Å². The van der Waals surface area contributed by atoms with Crippen molar-refractivity contribution < 1.29 is 9.53 Å². The Kier molecular flexibility index (Phi) is 3.56. The van der Waals surface area contributed by atoms with Crippen LogP contribution in [-0.2, 0) is 4.79 Å². The standard InChI is InChI=1S/C16H19N3O2S/c1-21-13-8-11(4-5-17-13)14-15(20)19-16(22-14)18-12-7-9-2-3-10(12)6-9/h4-5,8-10,12,14H,2-3,6-7H2,1H3,(H,18,19,20)/t9-,10-,12?,14?/m0/s1. The molecule has 22 heavy (non-hydrogen) atoms. The lowest BCUT2D eigenvalue weighted by molar-refractivity contribution is -0.118. The molecule has 5 nitrogen and oxygen atoms in total. The summed E-state index contributed by atoms with van der Waals surface area (Å²) < 4.78 is 5.14. The number of aromatic nitrogens is 1. The van der Waals surface area contributed by atoms with Crippen LogP contribution in [-0.4, -0.2) is 29.2 Å². The molecular formula is C16H19N3O2S. The molecule has 1 N–H and O–H groups in total. The summed E-state index contributed by atoms with van der Waals surface area (Å²) in [7, 11) is 1.58. The predicted molar refractivity (Wildman–Crippen MR) is 85.9 cm³/mol. The van der Waals surface area contributed by atoms with Crippen molar-refractivity contribution in [1.82, 2.24) is 10.3 Å². The third kappa shape index (κ3) is 2.49. The van der Waals surface area contributed by atoms with Gasteiger partial charge in [0.25, 0.3) is 0 Å². The van der Waals surface area contributed by atoms with Gasteiger partial charge >= 0.3 is 0 Å². The number of ether oxygens (including phenoxy) is 1. The Labute approximate surface area is 133 Å². The Hall–Kier alpha value is -1.56. The minimum absolute atomic E-state index is 0.000148. The molecule has 1 aromatic heterocycles. The number of aliphatic imine (C=N–C) groups is 1. The van der Waals surface area contributed by atoms with Crippen LogP contribution < -0.4 is 10.1 Å². The zero-order valence-electron chi connectivity index (χ0n) is 12.5. The van der Waals surface area contributed by atoms with Gasteiger partial charge in [0.1, 0.15) is 5.25 Å². The van der Waals surface area contributed by atoms with Crippen molar-refractivity contribution in [2.45, 2.75) is 37.0 Å². The maximum Gasteiger partial charge on any atom is 0.244 e. The first-order chi connectivity index (χ1) is 10.7. The van der Waals surface area contributed by atoms with Gasteiger partial charge in [0.15, 0.2) is 5.17 Å². The average Bonchev–Trinajstić information content (AvgIpc) is 3.23. The van der Waals surface area contributed by atoms with Crippen LogP contribution >= 0.6 is 11.8 Å². The van der Waals surface area contributed by atoms with E-state index in [1.807, 2.05) is 12.1 Å². The molecule has 3 aliphatic rings. The van der Waals surface area contributed by atoms with Crippen LogP contribution in [0.3, 0.4) is 0 Å². The van der Waals surface area contributed by atoms with E-state index >= 15 is 0 Å². The molecule has 2 bridgehead atoms. The SMILES string of the molecule is COc1cc(C2SC(=NC3C[C@H]4CC[C@H]3C4)NC2=O)ccn1. The van der Waals surface area contributed by atoms with Gasteiger partial charge in [-0.2, -0.15) is 0 Å². The lowest BCUT2D eigenvalue weighted by Crippen LogP contribution is -2.24. The molecular weight excluding hydrogens is 298 g/mol. The van der Waals surface area contributed by atoms with Gasteiger partial charge in [0, 0.05) is 12.3 Å². The number of nitrogens with one attached hydrogen (secondary N) is 1. The number of carbonyl (C=O) groups is 1. The highest BCUT2D eigenvalue weighted by molar-refractivity contribution is 8.15. The second-order valence-corrected chi connectivity index (χ2v) is 7.39. The Morgan fingerprint density at radius 3 is 3.05 bits per heavy atom. The Balaban J connectivity index is 1.51. The number of amidine groups is 1. The summed E-state index contributed by atoms with van der Waals surface area (Å²) in [6.45, 7) is 0. The largest absolute Gasteiger partial charge is 0.481 e. The molecule has 2 aliphatic carbocycles. The minimum atomic E-state index is -0.255. The molecule has 2 unspecified atom stereocenters. The summed E-state index contributed by atoms with van der Waals surface area (Å²) in [4.78, 5) is 21.2. The van der Waals surface area contributed by atoms with Crippen molar-refractivity contribution in [1.29, 1.82) is 0 Å². The molecule has 2 heterocycles. The molecule has 0 spiro atoms. The Morgan fingerprint density at radius 2 is 2.32 bits per heavy atom. The van der Waals surface area contributed by atoms with Crippen molar-refractivity contribution in [3.63, 3.8) is 0 Å². The van der Waals surface area contributed by atoms with Crippen molar-refractivity contribution in [3.05, 3.63) is 23.9 Å². The van der Waals surface area contributed by atoms with E-state index in [0.717, 1.165) is 22.6 Å². The highest BCUT2D eigenvalue weighted by atomic mass is 32.2. The van der Waals surface area contributed by atoms with E-state index in [9.17, 15) is 4.79 Å². The number of thioether (sulfide) groups is 1. The fraction of sp³-hybridized carbons (Fsp3) is 0.562. The topological polar surface area (TPSA) is 63.6 Å². The zero-order valence-corrected chi connectivity index (χ0v) is 13.3.